The SMILES string of the molecule is Cc1cc2c(cc1-c1c3ccc(C4CCCCC4)cc3cc[n+]1C)CCC2. The summed E-state index contributed by atoms with van der Waals surface area (Å²) in [4.78, 5) is 0. The molecule has 1 heteroatoms. The van der Waals surface area contributed by atoms with Crippen LogP contribution >= 0.6 is 0 Å². The quantitative estimate of drug-likeness (QED) is 0.483. The third-order valence-corrected chi connectivity index (χ3v) is 6.93. The van der Waals surface area contributed by atoms with Crippen LogP contribution in [0.1, 0.15) is 66.7 Å². The first-order valence-corrected chi connectivity index (χ1v) is 10.8. The molecule has 0 bridgehead atoms. The van der Waals surface area contributed by atoms with Crippen LogP contribution in [0.4, 0.5) is 0 Å². The van der Waals surface area contributed by atoms with Crippen molar-refractivity contribution in [2.24, 2.45) is 7.05 Å². The Hall–Kier alpha value is -2.15. The van der Waals surface area contributed by atoms with E-state index in [0.717, 1.165) is 5.92 Å². The number of aryl methyl sites for hydroxylation is 4. The van der Waals surface area contributed by atoms with Gasteiger partial charge >= 0.3 is 0 Å². The van der Waals surface area contributed by atoms with Crippen LogP contribution in [0, 0.1) is 6.92 Å². The van der Waals surface area contributed by atoms with Crippen molar-refractivity contribution < 1.29 is 4.57 Å². The average molecular weight is 357 g/mol. The van der Waals surface area contributed by atoms with Crippen molar-refractivity contribution in [2.45, 2.75) is 64.2 Å². The van der Waals surface area contributed by atoms with Gasteiger partial charge in [-0.2, -0.15) is 0 Å². The monoisotopic (exact) mass is 356 g/mol. The molecule has 1 nitrogen and oxygen atoms in total. The molecule has 0 radical (unpaired) electrons. The molecule has 0 atom stereocenters. The Kier molecular flexibility index (Phi) is 4.27. The minimum absolute atomic E-state index is 0.766. The number of hydrogen-bond acceptors (Lipinski definition) is 0. The maximum atomic E-state index is 2.47. The summed E-state index contributed by atoms with van der Waals surface area (Å²) in [5.74, 6) is 0.766. The molecule has 0 unspecified atom stereocenters. The van der Waals surface area contributed by atoms with E-state index in [2.05, 4.69) is 61.1 Å². The lowest BCUT2D eigenvalue weighted by Crippen LogP contribution is -2.30. The number of aromatic nitrogens is 1. The van der Waals surface area contributed by atoms with E-state index < -0.39 is 0 Å². The van der Waals surface area contributed by atoms with Gasteiger partial charge in [0.05, 0.1) is 5.39 Å². The molecule has 0 N–H and O–H groups in total. The molecule has 2 aliphatic rings. The highest BCUT2D eigenvalue weighted by Gasteiger charge is 2.22. The molecule has 0 saturated heterocycles. The fourth-order valence-electron chi connectivity index (χ4n) is 5.42. The Morgan fingerprint density at radius 3 is 2.44 bits per heavy atom. The second kappa shape index (κ2) is 6.78. The third kappa shape index (κ3) is 2.98. The van der Waals surface area contributed by atoms with Crippen LogP contribution in [0.15, 0.2) is 42.6 Å². The topological polar surface area (TPSA) is 3.88 Å². The lowest BCUT2D eigenvalue weighted by Gasteiger charge is -2.22. The molecule has 1 fully saturated rings. The van der Waals surface area contributed by atoms with Crippen molar-refractivity contribution in [1.82, 2.24) is 0 Å². The lowest BCUT2D eigenvalue weighted by atomic mass is 9.83. The number of benzene rings is 2. The van der Waals surface area contributed by atoms with Crippen LogP contribution in [0.2, 0.25) is 0 Å². The van der Waals surface area contributed by atoms with Crippen LogP contribution in [0.5, 0.6) is 0 Å². The fraction of sp³-hybridized carbons (Fsp3) is 0.423. The van der Waals surface area contributed by atoms with Gasteiger partial charge in [-0.3, -0.25) is 0 Å². The van der Waals surface area contributed by atoms with Gasteiger partial charge in [0.2, 0.25) is 5.69 Å². The molecule has 1 saturated carbocycles. The maximum Gasteiger partial charge on any atom is 0.220 e. The molecule has 1 aromatic heterocycles. The standard InChI is InChI=1S/C26H30N/c1-18-15-20-9-6-10-21(20)17-25(18)26-24-12-11-22(19-7-4-3-5-8-19)16-23(24)13-14-27(26)2/h11-17,19H,3-10H2,1-2H3/q+1. The fourth-order valence-corrected chi connectivity index (χ4v) is 5.42. The number of fused-ring (bicyclic) bond motifs is 2. The Morgan fingerprint density at radius 1 is 0.852 bits per heavy atom. The van der Waals surface area contributed by atoms with Gasteiger partial charge in [-0.05, 0) is 84.7 Å². The third-order valence-electron chi connectivity index (χ3n) is 6.93. The van der Waals surface area contributed by atoms with Gasteiger partial charge in [0.15, 0.2) is 6.20 Å². The van der Waals surface area contributed by atoms with E-state index in [1.165, 1.54) is 79.0 Å². The molecular formula is C26H30N+. The Balaban J connectivity index is 1.65. The van der Waals surface area contributed by atoms with Gasteiger partial charge in [-0.15, -0.1) is 0 Å². The highest BCUT2D eigenvalue weighted by Crippen LogP contribution is 2.36. The van der Waals surface area contributed by atoms with E-state index in [4.69, 9.17) is 0 Å². The molecular weight excluding hydrogens is 326 g/mol. The van der Waals surface area contributed by atoms with E-state index in [9.17, 15) is 0 Å². The van der Waals surface area contributed by atoms with E-state index in [1.54, 1.807) is 16.7 Å². The Bertz CT molecular complexity index is 1010. The van der Waals surface area contributed by atoms with Crippen molar-refractivity contribution in [3.8, 4) is 11.3 Å². The van der Waals surface area contributed by atoms with Gasteiger partial charge in [0.25, 0.3) is 0 Å². The van der Waals surface area contributed by atoms with Crippen LogP contribution in [-0.2, 0) is 19.9 Å². The zero-order valence-corrected chi connectivity index (χ0v) is 16.7. The first-order chi connectivity index (χ1) is 13.2. The summed E-state index contributed by atoms with van der Waals surface area (Å²) >= 11 is 0. The minimum atomic E-state index is 0.766. The molecule has 5 rings (SSSR count). The first kappa shape index (κ1) is 17.0. The number of nitrogens with zero attached hydrogens (tertiary/aromatic N) is 1. The number of rotatable bonds is 2. The molecule has 2 aliphatic carbocycles. The summed E-state index contributed by atoms with van der Waals surface area (Å²) < 4.78 is 2.31. The second-order valence-corrected chi connectivity index (χ2v) is 8.75. The van der Waals surface area contributed by atoms with Crippen LogP contribution in [0.25, 0.3) is 22.0 Å². The molecule has 27 heavy (non-hydrogen) atoms. The highest BCUT2D eigenvalue weighted by atomic mass is 14.9. The van der Waals surface area contributed by atoms with Crippen molar-refractivity contribution >= 4 is 10.8 Å². The van der Waals surface area contributed by atoms with Crippen LogP contribution < -0.4 is 4.57 Å². The number of pyridine rings is 1. The summed E-state index contributed by atoms with van der Waals surface area (Å²) in [5, 5.41) is 2.78. The average Bonchev–Trinajstić information content (AvgIpc) is 3.15. The normalized spacial score (nSPS) is 17.4. The molecule has 0 spiro atoms. The highest BCUT2D eigenvalue weighted by molar-refractivity contribution is 5.94. The summed E-state index contributed by atoms with van der Waals surface area (Å²) in [5.41, 5.74) is 8.87. The zero-order chi connectivity index (χ0) is 18.4. The van der Waals surface area contributed by atoms with Crippen molar-refractivity contribution in [3.05, 3.63) is 64.8 Å². The van der Waals surface area contributed by atoms with E-state index in [0.29, 0.717) is 0 Å². The van der Waals surface area contributed by atoms with Crippen molar-refractivity contribution in [3.63, 3.8) is 0 Å². The molecule has 138 valence electrons. The van der Waals surface area contributed by atoms with Gasteiger partial charge in [0, 0.05) is 11.6 Å². The van der Waals surface area contributed by atoms with Gasteiger partial charge in [-0.1, -0.05) is 37.5 Å². The molecule has 1 heterocycles. The molecule has 0 aliphatic heterocycles. The lowest BCUT2D eigenvalue weighted by molar-refractivity contribution is -0.659. The predicted molar refractivity (Wildman–Crippen MR) is 113 cm³/mol. The van der Waals surface area contributed by atoms with E-state index >= 15 is 0 Å². The Labute approximate surface area is 163 Å². The predicted octanol–water partition coefficient (Wildman–Crippen LogP) is 6.18. The summed E-state index contributed by atoms with van der Waals surface area (Å²) in [7, 11) is 2.19. The van der Waals surface area contributed by atoms with Gasteiger partial charge in [-0.25, -0.2) is 4.57 Å². The maximum absolute atomic E-state index is 2.47. The van der Waals surface area contributed by atoms with Crippen LogP contribution in [0.3, 0.4) is 0 Å². The molecule has 0 amide bonds. The largest absolute Gasteiger partial charge is 0.220 e. The summed E-state index contributed by atoms with van der Waals surface area (Å²) in [6.07, 6.45) is 13.0. The van der Waals surface area contributed by atoms with Crippen LogP contribution in [-0.4, -0.2) is 0 Å². The second-order valence-electron chi connectivity index (χ2n) is 8.75. The minimum Gasteiger partial charge on any atom is -0.200 e. The van der Waals surface area contributed by atoms with E-state index in [1.807, 2.05) is 0 Å². The van der Waals surface area contributed by atoms with Crippen molar-refractivity contribution in [2.75, 3.05) is 0 Å². The Morgan fingerprint density at radius 2 is 1.63 bits per heavy atom. The van der Waals surface area contributed by atoms with E-state index in [-0.39, 0.29) is 0 Å². The first-order valence-electron chi connectivity index (χ1n) is 10.8. The molecule has 3 aromatic rings. The zero-order valence-electron chi connectivity index (χ0n) is 16.7. The van der Waals surface area contributed by atoms with Gasteiger partial charge in [0.1, 0.15) is 7.05 Å². The number of hydrogen-bond donors (Lipinski definition) is 0. The summed E-state index contributed by atoms with van der Waals surface area (Å²) in [6, 6.07) is 14.5. The molecule has 2 aromatic carbocycles. The smallest absolute Gasteiger partial charge is 0.200 e. The van der Waals surface area contributed by atoms with Crippen molar-refractivity contribution in [1.29, 1.82) is 0 Å². The summed E-state index contributed by atoms with van der Waals surface area (Å²) in [6.45, 7) is 2.28. The van der Waals surface area contributed by atoms with Gasteiger partial charge < -0.3 is 0 Å².